The topological polar surface area (TPSA) is 115 Å². The highest BCUT2D eigenvalue weighted by Crippen LogP contribution is 2.35. The van der Waals surface area contributed by atoms with E-state index in [9.17, 15) is 30.0 Å². The van der Waals surface area contributed by atoms with Gasteiger partial charge in [-0.1, -0.05) is 60.7 Å². The molecule has 6 heteroatoms. The van der Waals surface area contributed by atoms with Crippen molar-refractivity contribution in [1.29, 1.82) is 0 Å². The minimum absolute atomic E-state index is 0.00662. The SMILES string of the molecule is O=C(c1ccccc1)c1cc(Cc2cc(C(=O)c3ccccc3)c(O)cc2O)c(O)cc1O. The molecule has 4 rings (SSSR count). The maximum Gasteiger partial charge on any atom is 0.196 e. The van der Waals surface area contributed by atoms with Crippen LogP contribution in [0.5, 0.6) is 23.0 Å². The minimum atomic E-state index is -0.427. The summed E-state index contributed by atoms with van der Waals surface area (Å²) in [6, 6.07) is 21.6. The number of hydrogen-bond acceptors (Lipinski definition) is 6. The summed E-state index contributed by atoms with van der Waals surface area (Å²) in [6.07, 6.45) is -0.0532. The third kappa shape index (κ3) is 4.41. The molecule has 0 atom stereocenters. The molecule has 4 aromatic carbocycles. The van der Waals surface area contributed by atoms with Crippen LogP contribution in [0.25, 0.3) is 0 Å². The zero-order chi connectivity index (χ0) is 23.5. The van der Waals surface area contributed by atoms with Gasteiger partial charge in [0, 0.05) is 29.7 Å². The monoisotopic (exact) mass is 440 g/mol. The third-order valence-corrected chi connectivity index (χ3v) is 5.34. The Morgan fingerprint density at radius 2 is 0.879 bits per heavy atom. The first kappa shape index (κ1) is 21.6. The van der Waals surface area contributed by atoms with Crippen LogP contribution in [-0.4, -0.2) is 32.0 Å². The van der Waals surface area contributed by atoms with Crippen molar-refractivity contribution in [2.24, 2.45) is 0 Å². The quantitative estimate of drug-likeness (QED) is 0.327. The summed E-state index contributed by atoms with van der Waals surface area (Å²) < 4.78 is 0. The lowest BCUT2D eigenvalue weighted by Gasteiger charge is -2.13. The molecule has 0 saturated carbocycles. The van der Waals surface area contributed by atoms with Crippen LogP contribution in [0.2, 0.25) is 0 Å². The third-order valence-electron chi connectivity index (χ3n) is 5.34. The lowest BCUT2D eigenvalue weighted by Crippen LogP contribution is -2.05. The smallest absolute Gasteiger partial charge is 0.196 e. The van der Waals surface area contributed by atoms with Crippen LogP contribution in [0.4, 0.5) is 0 Å². The van der Waals surface area contributed by atoms with Gasteiger partial charge in [-0.25, -0.2) is 0 Å². The number of hydrogen-bond donors (Lipinski definition) is 4. The van der Waals surface area contributed by atoms with Crippen LogP contribution < -0.4 is 0 Å². The van der Waals surface area contributed by atoms with E-state index >= 15 is 0 Å². The van der Waals surface area contributed by atoms with Crippen LogP contribution in [-0.2, 0) is 6.42 Å². The van der Waals surface area contributed by atoms with Crippen LogP contribution in [0, 0.1) is 0 Å². The summed E-state index contributed by atoms with van der Waals surface area (Å²) in [6.45, 7) is 0. The standard InChI is InChI=1S/C27H20O6/c28-22-14-24(30)20(26(32)16-7-3-1-4-8-16)12-18(22)11-19-13-21(25(31)15-23(19)29)27(33)17-9-5-2-6-10-17/h1-10,12-15,28-31H,11H2. The van der Waals surface area contributed by atoms with Crippen LogP contribution in [0.1, 0.15) is 43.0 Å². The number of phenols is 4. The highest BCUT2D eigenvalue weighted by atomic mass is 16.3. The zero-order valence-electron chi connectivity index (χ0n) is 17.4. The van der Waals surface area contributed by atoms with E-state index in [1.807, 2.05) is 0 Å². The molecule has 0 spiro atoms. The second-order valence-corrected chi connectivity index (χ2v) is 7.56. The van der Waals surface area contributed by atoms with E-state index in [-0.39, 0.29) is 51.7 Å². The van der Waals surface area contributed by atoms with E-state index in [4.69, 9.17) is 0 Å². The highest BCUT2D eigenvalue weighted by molar-refractivity contribution is 6.11. The van der Waals surface area contributed by atoms with Gasteiger partial charge < -0.3 is 20.4 Å². The van der Waals surface area contributed by atoms with Crippen molar-refractivity contribution in [3.63, 3.8) is 0 Å². The van der Waals surface area contributed by atoms with Gasteiger partial charge in [-0.05, 0) is 23.3 Å². The number of ketones is 2. The van der Waals surface area contributed by atoms with Crippen LogP contribution in [0.3, 0.4) is 0 Å². The van der Waals surface area contributed by atoms with Crippen molar-refractivity contribution in [2.75, 3.05) is 0 Å². The molecule has 6 nitrogen and oxygen atoms in total. The Kier molecular flexibility index (Phi) is 5.83. The summed E-state index contributed by atoms with van der Waals surface area (Å²) in [5, 5.41) is 41.2. The predicted molar refractivity (Wildman–Crippen MR) is 122 cm³/mol. The van der Waals surface area contributed by atoms with Crippen molar-refractivity contribution in [3.05, 3.63) is 118 Å². The first-order valence-corrected chi connectivity index (χ1v) is 10.1. The first-order valence-electron chi connectivity index (χ1n) is 10.1. The predicted octanol–water partition coefficient (Wildman–Crippen LogP) is 4.56. The Bertz CT molecular complexity index is 1240. The zero-order valence-corrected chi connectivity index (χ0v) is 17.4. The molecule has 0 bridgehead atoms. The first-order chi connectivity index (χ1) is 15.8. The Labute approximate surface area is 189 Å². The molecule has 0 unspecified atom stereocenters. The van der Waals surface area contributed by atoms with Crippen LogP contribution in [0.15, 0.2) is 84.9 Å². The molecule has 4 aromatic rings. The fourth-order valence-corrected chi connectivity index (χ4v) is 3.59. The molecule has 0 aliphatic rings. The summed E-state index contributed by atoms with van der Waals surface area (Å²) in [5.74, 6) is -2.16. The second kappa shape index (κ2) is 8.88. The molecule has 0 heterocycles. The molecule has 0 fully saturated rings. The van der Waals surface area contributed by atoms with Gasteiger partial charge >= 0.3 is 0 Å². The fraction of sp³-hybridized carbons (Fsp3) is 0.0370. The molecule has 0 saturated heterocycles. The number of rotatable bonds is 6. The number of aromatic hydroxyl groups is 4. The Hall–Kier alpha value is -4.58. The molecule has 0 aromatic heterocycles. The Morgan fingerprint density at radius 1 is 0.515 bits per heavy atom. The molecule has 4 N–H and O–H groups in total. The normalized spacial score (nSPS) is 10.7. The molecule has 0 aliphatic heterocycles. The summed E-state index contributed by atoms with van der Waals surface area (Å²) in [7, 11) is 0. The lowest BCUT2D eigenvalue weighted by atomic mass is 9.94. The maximum absolute atomic E-state index is 12.8. The van der Waals surface area contributed by atoms with Crippen molar-refractivity contribution in [2.45, 2.75) is 6.42 Å². The van der Waals surface area contributed by atoms with Gasteiger partial charge in [0.25, 0.3) is 0 Å². The van der Waals surface area contributed by atoms with E-state index in [1.165, 1.54) is 12.1 Å². The molecule has 0 aliphatic carbocycles. The van der Waals surface area contributed by atoms with E-state index < -0.39 is 11.6 Å². The Balaban J connectivity index is 1.72. The van der Waals surface area contributed by atoms with Crippen molar-refractivity contribution in [3.8, 4) is 23.0 Å². The van der Waals surface area contributed by atoms with Gasteiger partial charge in [-0.2, -0.15) is 0 Å². The van der Waals surface area contributed by atoms with Gasteiger partial charge in [-0.15, -0.1) is 0 Å². The highest BCUT2D eigenvalue weighted by Gasteiger charge is 2.20. The van der Waals surface area contributed by atoms with Crippen molar-refractivity contribution < 1.29 is 30.0 Å². The van der Waals surface area contributed by atoms with Gasteiger partial charge in [0.15, 0.2) is 11.6 Å². The molecular formula is C27H20O6. The van der Waals surface area contributed by atoms with Gasteiger partial charge in [0.05, 0.1) is 11.1 Å². The number of phenolic OH excluding ortho intramolecular Hbond substituents is 4. The largest absolute Gasteiger partial charge is 0.508 e. The van der Waals surface area contributed by atoms with Crippen molar-refractivity contribution >= 4 is 11.6 Å². The van der Waals surface area contributed by atoms with E-state index in [0.717, 1.165) is 12.1 Å². The summed E-state index contributed by atoms with van der Waals surface area (Å²) >= 11 is 0. The van der Waals surface area contributed by atoms with Crippen molar-refractivity contribution in [1.82, 2.24) is 0 Å². The number of carbonyl (C=O) groups is 2. The lowest BCUT2D eigenvalue weighted by molar-refractivity contribution is 0.102. The molecule has 33 heavy (non-hydrogen) atoms. The maximum atomic E-state index is 12.8. The van der Waals surface area contributed by atoms with E-state index in [0.29, 0.717) is 11.1 Å². The van der Waals surface area contributed by atoms with E-state index in [1.54, 1.807) is 60.7 Å². The average Bonchev–Trinajstić information content (AvgIpc) is 2.82. The fourth-order valence-electron chi connectivity index (χ4n) is 3.59. The molecule has 0 amide bonds. The molecule has 164 valence electrons. The van der Waals surface area contributed by atoms with Gasteiger partial charge in [-0.3, -0.25) is 9.59 Å². The second-order valence-electron chi connectivity index (χ2n) is 7.56. The Morgan fingerprint density at radius 3 is 1.24 bits per heavy atom. The van der Waals surface area contributed by atoms with Gasteiger partial charge in [0.2, 0.25) is 0 Å². The number of benzene rings is 4. The minimum Gasteiger partial charge on any atom is -0.508 e. The molecular weight excluding hydrogens is 420 g/mol. The van der Waals surface area contributed by atoms with Crippen LogP contribution >= 0.6 is 0 Å². The molecule has 0 radical (unpaired) electrons. The number of carbonyl (C=O) groups excluding carboxylic acids is 2. The van der Waals surface area contributed by atoms with Gasteiger partial charge in [0.1, 0.15) is 23.0 Å². The average molecular weight is 440 g/mol. The van der Waals surface area contributed by atoms with E-state index in [2.05, 4.69) is 0 Å². The summed E-state index contributed by atoms with van der Waals surface area (Å²) in [4.78, 5) is 25.7. The summed E-state index contributed by atoms with van der Waals surface area (Å²) in [5.41, 5.74) is 1.23.